The third kappa shape index (κ3) is 9.78. The molecule has 0 radical (unpaired) electrons. The molecule has 15 heavy (non-hydrogen) atoms. The summed E-state index contributed by atoms with van der Waals surface area (Å²) in [6.45, 7) is 1.89. The molecular weight excluding hydrogens is 227 g/mol. The summed E-state index contributed by atoms with van der Waals surface area (Å²) in [4.78, 5) is 0. The van der Waals surface area contributed by atoms with Crippen molar-refractivity contribution in [2.75, 3.05) is 6.61 Å². The Morgan fingerprint density at radius 2 is 1.73 bits per heavy atom. The van der Waals surface area contributed by atoms with E-state index in [0.717, 1.165) is 25.7 Å². The Labute approximate surface area is 114 Å². The van der Waals surface area contributed by atoms with Crippen molar-refractivity contribution in [2.24, 2.45) is 0 Å². The minimum Gasteiger partial charge on any atom is -0.748 e. The number of hydrogen-bond donors (Lipinski definition) is 1. The fraction of sp³-hybridized carbons (Fsp3) is 1.00. The van der Waals surface area contributed by atoms with Crippen molar-refractivity contribution >= 4 is 10.1 Å². The second-order valence-corrected chi connectivity index (χ2v) is 5.10. The SMILES string of the molecule is CCC(CCCCCCO)S(=O)(=O)[O-].[Na+]. The summed E-state index contributed by atoms with van der Waals surface area (Å²) in [7, 11) is -4.11. The van der Waals surface area contributed by atoms with E-state index in [4.69, 9.17) is 5.11 Å². The maximum absolute atomic E-state index is 10.7. The molecule has 1 unspecified atom stereocenters. The van der Waals surface area contributed by atoms with Crippen LogP contribution in [-0.4, -0.2) is 29.9 Å². The van der Waals surface area contributed by atoms with E-state index in [-0.39, 0.29) is 36.2 Å². The van der Waals surface area contributed by atoms with E-state index in [2.05, 4.69) is 0 Å². The first-order valence-electron chi connectivity index (χ1n) is 5.08. The van der Waals surface area contributed by atoms with E-state index in [0.29, 0.717) is 12.8 Å². The Morgan fingerprint density at radius 3 is 2.13 bits per heavy atom. The number of hydrogen-bond acceptors (Lipinski definition) is 4. The molecule has 0 aliphatic rings. The van der Waals surface area contributed by atoms with E-state index < -0.39 is 15.4 Å². The Balaban J connectivity index is 0. The Morgan fingerprint density at radius 1 is 1.20 bits per heavy atom. The van der Waals surface area contributed by atoms with Gasteiger partial charge in [0.25, 0.3) is 0 Å². The largest absolute Gasteiger partial charge is 1.00 e. The zero-order valence-corrected chi connectivity index (χ0v) is 12.4. The minimum absolute atomic E-state index is 0. The summed E-state index contributed by atoms with van der Waals surface area (Å²) in [6.07, 6.45) is 4.12. The van der Waals surface area contributed by atoms with Crippen molar-refractivity contribution in [1.82, 2.24) is 0 Å². The van der Waals surface area contributed by atoms with Crippen LogP contribution in [0, 0.1) is 0 Å². The van der Waals surface area contributed by atoms with E-state index in [1.807, 2.05) is 0 Å². The van der Waals surface area contributed by atoms with Crippen LogP contribution in [0.15, 0.2) is 0 Å². The molecule has 0 fully saturated rings. The van der Waals surface area contributed by atoms with Crippen LogP contribution < -0.4 is 29.6 Å². The molecule has 4 nitrogen and oxygen atoms in total. The number of unbranched alkanes of at least 4 members (excludes halogenated alkanes) is 3. The fourth-order valence-electron chi connectivity index (χ4n) is 1.39. The quantitative estimate of drug-likeness (QED) is 0.313. The van der Waals surface area contributed by atoms with Gasteiger partial charge in [-0.2, -0.15) is 0 Å². The molecule has 0 aromatic rings. The van der Waals surface area contributed by atoms with E-state index in [1.165, 1.54) is 0 Å². The summed E-state index contributed by atoms with van der Waals surface area (Å²) in [6, 6.07) is 0. The molecule has 0 aromatic heterocycles. The summed E-state index contributed by atoms with van der Waals surface area (Å²) in [5.41, 5.74) is 0. The first kappa shape index (κ1) is 18.2. The molecule has 0 bridgehead atoms. The normalized spacial score (nSPS) is 13.3. The predicted molar refractivity (Wildman–Crippen MR) is 53.9 cm³/mol. The Hall–Kier alpha value is 0.870. The topological polar surface area (TPSA) is 77.4 Å². The zero-order chi connectivity index (χ0) is 11.0. The Kier molecular flexibility index (Phi) is 12.2. The predicted octanol–water partition coefficient (Wildman–Crippen LogP) is -1.74. The van der Waals surface area contributed by atoms with Crippen LogP contribution in [0.25, 0.3) is 0 Å². The van der Waals surface area contributed by atoms with Gasteiger partial charge >= 0.3 is 29.6 Å². The van der Waals surface area contributed by atoms with Crippen LogP contribution >= 0.6 is 0 Å². The third-order valence-corrected chi connectivity index (χ3v) is 3.68. The summed E-state index contributed by atoms with van der Waals surface area (Å²) >= 11 is 0. The van der Waals surface area contributed by atoms with Gasteiger partial charge in [-0.1, -0.05) is 26.2 Å². The molecule has 0 spiro atoms. The van der Waals surface area contributed by atoms with Gasteiger partial charge < -0.3 is 9.66 Å². The molecule has 0 saturated carbocycles. The van der Waals surface area contributed by atoms with E-state index in [9.17, 15) is 13.0 Å². The Bertz CT molecular complexity index is 228. The molecule has 0 aromatic carbocycles. The van der Waals surface area contributed by atoms with Crippen LogP contribution in [0.4, 0.5) is 0 Å². The van der Waals surface area contributed by atoms with Gasteiger partial charge in [0, 0.05) is 11.9 Å². The molecule has 1 atom stereocenters. The average molecular weight is 246 g/mol. The first-order valence-corrected chi connectivity index (χ1v) is 6.55. The van der Waals surface area contributed by atoms with Gasteiger partial charge in [0.1, 0.15) is 0 Å². The summed E-state index contributed by atoms with van der Waals surface area (Å²) in [5.74, 6) is 0. The third-order valence-electron chi connectivity index (χ3n) is 2.30. The second-order valence-electron chi connectivity index (χ2n) is 3.45. The van der Waals surface area contributed by atoms with Gasteiger partial charge in [-0.3, -0.25) is 0 Å². The standard InChI is InChI=1S/C9H20O4S.Na/c1-2-9(14(11,12)13)7-5-3-4-6-8-10;/h9-10H,2-8H2,1H3,(H,11,12,13);/q;+1/p-1. The van der Waals surface area contributed by atoms with Crippen molar-refractivity contribution in [3.05, 3.63) is 0 Å². The van der Waals surface area contributed by atoms with Gasteiger partial charge in [0.2, 0.25) is 0 Å². The first-order chi connectivity index (χ1) is 6.52. The van der Waals surface area contributed by atoms with Crippen LogP contribution in [0.3, 0.4) is 0 Å². The van der Waals surface area contributed by atoms with Gasteiger partial charge in [0.05, 0.1) is 10.1 Å². The van der Waals surface area contributed by atoms with Crippen molar-refractivity contribution in [3.63, 3.8) is 0 Å². The molecule has 6 heteroatoms. The van der Waals surface area contributed by atoms with Crippen molar-refractivity contribution in [2.45, 2.75) is 50.7 Å². The molecule has 1 N–H and O–H groups in total. The van der Waals surface area contributed by atoms with E-state index >= 15 is 0 Å². The van der Waals surface area contributed by atoms with Gasteiger partial charge in [-0.15, -0.1) is 0 Å². The fourth-order valence-corrected chi connectivity index (χ4v) is 2.25. The zero-order valence-electron chi connectivity index (χ0n) is 9.61. The van der Waals surface area contributed by atoms with Crippen LogP contribution in [0.5, 0.6) is 0 Å². The van der Waals surface area contributed by atoms with Crippen molar-refractivity contribution in [3.8, 4) is 0 Å². The maximum Gasteiger partial charge on any atom is 1.00 e. The maximum atomic E-state index is 10.7. The van der Waals surface area contributed by atoms with Gasteiger partial charge in [-0.25, -0.2) is 8.42 Å². The number of aliphatic hydroxyl groups excluding tert-OH is 1. The van der Waals surface area contributed by atoms with Crippen LogP contribution in [0.2, 0.25) is 0 Å². The molecular formula is C9H19NaO4S. The summed E-state index contributed by atoms with van der Waals surface area (Å²) < 4.78 is 32.1. The molecule has 0 aliphatic heterocycles. The van der Waals surface area contributed by atoms with Crippen LogP contribution in [0.1, 0.15) is 45.4 Å². The number of aliphatic hydroxyl groups is 1. The molecule has 0 heterocycles. The molecule has 0 rings (SSSR count). The molecule has 0 amide bonds. The van der Waals surface area contributed by atoms with Crippen molar-refractivity contribution < 1.29 is 47.6 Å². The van der Waals surface area contributed by atoms with Gasteiger partial charge in [0.15, 0.2) is 0 Å². The minimum atomic E-state index is -4.11. The van der Waals surface area contributed by atoms with Crippen molar-refractivity contribution in [1.29, 1.82) is 0 Å². The molecule has 0 saturated heterocycles. The smallest absolute Gasteiger partial charge is 0.748 e. The monoisotopic (exact) mass is 246 g/mol. The molecule has 0 aliphatic carbocycles. The second kappa shape index (κ2) is 10.1. The van der Waals surface area contributed by atoms with E-state index in [1.54, 1.807) is 6.92 Å². The molecule has 86 valence electrons. The average Bonchev–Trinajstić information content (AvgIpc) is 2.09. The summed E-state index contributed by atoms with van der Waals surface area (Å²) in [5, 5.41) is 7.78. The number of rotatable bonds is 8. The van der Waals surface area contributed by atoms with Gasteiger partial charge in [-0.05, 0) is 19.3 Å². The van der Waals surface area contributed by atoms with Crippen LogP contribution in [-0.2, 0) is 10.1 Å².